The van der Waals surface area contributed by atoms with E-state index in [9.17, 15) is 4.79 Å². The maximum atomic E-state index is 12.7. The number of hydrogen-bond donors (Lipinski definition) is 1. The van der Waals surface area contributed by atoms with Gasteiger partial charge in [0.25, 0.3) is 5.91 Å². The Kier molecular flexibility index (Phi) is 5.71. The third kappa shape index (κ3) is 4.02. The Morgan fingerprint density at radius 1 is 1.10 bits per heavy atom. The number of hydrazone groups is 1. The van der Waals surface area contributed by atoms with Gasteiger partial charge in [-0.2, -0.15) is 15.1 Å². The van der Waals surface area contributed by atoms with Crippen molar-refractivity contribution in [3.8, 4) is 5.69 Å². The second-order valence-electron chi connectivity index (χ2n) is 8.13. The number of aromatic nitrogens is 1. The van der Waals surface area contributed by atoms with Crippen LogP contribution in [0.25, 0.3) is 11.8 Å². The number of rotatable bonds is 5. The number of nitrogens with zero attached hydrogens (tertiary/aromatic N) is 4. The molecule has 2 aromatic rings. The minimum Gasteiger partial charge on any atom is -0.318 e. The highest BCUT2D eigenvalue weighted by Crippen LogP contribution is 2.31. The molecular formula is C24H27N5OS. The van der Waals surface area contributed by atoms with Gasteiger partial charge in [-0.1, -0.05) is 19.4 Å². The Morgan fingerprint density at radius 3 is 2.48 bits per heavy atom. The number of aryl methyl sites for hydroxylation is 3. The average molecular weight is 434 g/mol. The maximum Gasteiger partial charge on any atom is 0.283 e. The Labute approximate surface area is 187 Å². The third-order valence-corrected chi connectivity index (χ3v) is 6.44. The number of nitrogens with one attached hydrogen (secondary N) is 1. The second-order valence-corrected chi connectivity index (χ2v) is 9.17. The molecule has 4 rings (SSSR count). The van der Waals surface area contributed by atoms with Crippen molar-refractivity contribution in [2.75, 3.05) is 0 Å². The summed E-state index contributed by atoms with van der Waals surface area (Å²) in [5.74, 6) is -0.294. The molecule has 3 heterocycles. The van der Waals surface area contributed by atoms with E-state index in [1.165, 1.54) is 27.9 Å². The third-order valence-electron chi connectivity index (χ3n) is 5.48. The summed E-state index contributed by atoms with van der Waals surface area (Å²) >= 11 is 1.39. The number of carbonyl (C=O) groups excluding carboxylic acids is 1. The summed E-state index contributed by atoms with van der Waals surface area (Å²) in [7, 11) is 0. The number of amidine groups is 2. The van der Waals surface area contributed by atoms with Gasteiger partial charge < -0.3 is 4.57 Å². The summed E-state index contributed by atoms with van der Waals surface area (Å²) in [5.41, 5.74) is 6.78. The topological polar surface area (TPSA) is 73.8 Å². The van der Waals surface area contributed by atoms with Crippen LogP contribution in [0.15, 0.2) is 39.9 Å². The van der Waals surface area contributed by atoms with E-state index in [2.05, 4.69) is 66.6 Å². The van der Waals surface area contributed by atoms with E-state index < -0.39 is 0 Å². The molecule has 1 amide bonds. The Balaban J connectivity index is 1.70. The normalized spacial score (nSPS) is 17.3. The van der Waals surface area contributed by atoms with Gasteiger partial charge in [0.1, 0.15) is 5.04 Å². The minimum atomic E-state index is -0.383. The van der Waals surface area contributed by atoms with Gasteiger partial charge in [0.05, 0.1) is 5.57 Å². The smallest absolute Gasteiger partial charge is 0.283 e. The Bertz CT molecular complexity index is 1160. The number of unbranched alkanes of at least 4 members (excludes halogenated alkanes) is 1. The lowest BCUT2D eigenvalue weighted by atomic mass is 10.1. The largest absolute Gasteiger partial charge is 0.318 e. The highest BCUT2D eigenvalue weighted by atomic mass is 32.2. The standard InChI is InChI=1S/C24H27N5OS/c1-6-7-8-21-27-29-22(25)20(23(30)26-24(29)31-21)13-18-12-16(4)28(17(18)5)19-10-14(2)9-15(3)11-19/h9-13,25H,6-8H2,1-5H3/b20-13-,25-22?. The van der Waals surface area contributed by atoms with Gasteiger partial charge in [0.15, 0.2) is 5.84 Å². The molecule has 0 bridgehead atoms. The first-order chi connectivity index (χ1) is 14.8. The van der Waals surface area contributed by atoms with E-state index in [-0.39, 0.29) is 17.3 Å². The molecule has 0 aliphatic carbocycles. The number of thioether (sulfide) groups is 1. The summed E-state index contributed by atoms with van der Waals surface area (Å²) < 4.78 is 2.19. The lowest BCUT2D eigenvalue weighted by Gasteiger charge is -2.20. The number of aliphatic imine (C=N–C) groups is 1. The number of hydrogen-bond acceptors (Lipinski definition) is 4. The lowest BCUT2D eigenvalue weighted by Crippen LogP contribution is -2.35. The first-order valence-electron chi connectivity index (χ1n) is 10.5. The molecule has 1 aromatic heterocycles. The number of amides is 1. The van der Waals surface area contributed by atoms with Gasteiger partial charge >= 0.3 is 0 Å². The van der Waals surface area contributed by atoms with Crippen molar-refractivity contribution in [1.29, 1.82) is 5.41 Å². The van der Waals surface area contributed by atoms with Crippen molar-refractivity contribution in [3.05, 3.63) is 57.9 Å². The zero-order valence-corrected chi connectivity index (χ0v) is 19.4. The van der Waals surface area contributed by atoms with Crippen LogP contribution in [0.5, 0.6) is 0 Å². The SMILES string of the molecule is CCCCC1=NN2C(=N)/C(=C/c3cc(C)n(-c4cc(C)cc(C)c4)c3C)C(=O)N=C2S1. The molecular weight excluding hydrogens is 406 g/mol. The molecule has 0 unspecified atom stereocenters. The van der Waals surface area contributed by atoms with Crippen LogP contribution in [-0.2, 0) is 4.79 Å². The molecule has 2 aliphatic rings. The van der Waals surface area contributed by atoms with Crippen LogP contribution in [0.1, 0.15) is 54.3 Å². The van der Waals surface area contributed by atoms with Crippen LogP contribution >= 0.6 is 11.8 Å². The minimum absolute atomic E-state index is 0.0881. The molecule has 0 saturated carbocycles. The molecule has 6 nitrogen and oxygen atoms in total. The van der Waals surface area contributed by atoms with Crippen molar-refractivity contribution in [2.24, 2.45) is 10.1 Å². The predicted octanol–water partition coefficient (Wildman–Crippen LogP) is 5.52. The van der Waals surface area contributed by atoms with E-state index in [0.717, 1.165) is 46.9 Å². The number of fused-ring (bicyclic) bond motifs is 1. The fourth-order valence-corrected chi connectivity index (χ4v) is 4.95. The molecule has 1 aromatic carbocycles. The van der Waals surface area contributed by atoms with E-state index in [4.69, 9.17) is 5.41 Å². The van der Waals surface area contributed by atoms with Crippen LogP contribution in [0.4, 0.5) is 0 Å². The second kappa shape index (κ2) is 8.30. The summed E-state index contributed by atoms with van der Waals surface area (Å²) in [6, 6.07) is 8.51. The molecule has 0 saturated heterocycles. The fraction of sp³-hybridized carbons (Fsp3) is 0.333. The molecule has 0 atom stereocenters. The van der Waals surface area contributed by atoms with Crippen LogP contribution < -0.4 is 0 Å². The average Bonchev–Trinajstić information content (AvgIpc) is 3.22. The van der Waals surface area contributed by atoms with E-state index in [0.29, 0.717) is 5.17 Å². The van der Waals surface area contributed by atoms with Gasteiger partial charge in [-0.3, -0.25) is 10.2 Å². The quantitative estimate of drug-likeness (QED) is 0.631. The first kappa shape index (κ1) is 21.3. The van der Waals surface area contributed by atoms with E-state index in [1.54, 1.807) is 6.08 Å². The number of carbonyl (C=O) groups is 1. The van der Waals surface area contributed by atoms with Crippen LogP contribution in [-0.4, -0.2) is 31.5 Å². The van der Waals surface area contributed by atoms with Crippen LogP contribution in [0.3, 0.4) is 0 Å². The summed E-state index contributed by atoms with van der Waals surface area (Å²) in [5, 5.41) is 16.0. The molecule has 160 valence electrons. The van der Waals surface area contributed by atoms with Crippen molar-refractivity contribution in [1.82, 2.24) is 9.58 Å². The highest BCUT2D eigenvalue weighted by Gasteiger charge is 2.35. The number of benzene rings is 1. The maximum absolute atomic E-state index is 12.7. The molecule has 31 heavy (non-hydrogen) atoms. The molecule has 7 heteroatoms. The monoisotopic (exact) mass is 433 g/mol. The summed E-state index contributed by atoms with van der Waals surface area (Å²) in [6.45, 7) is 10.4. The molecule has 0 radical (unpaired) electrons. The Morgan fingerprint density at radius 2 is 1.81 bits per heavy atom. The van der Waals surface area contributed by atoms with Gasteiger partial charge in [-0.05, 0) is 93.3 Å². The van der Waals surface area contributed by atoms with Gasteiger partial charge in [-0.15, -0.1) is 0 Å². The van der Waals surface area contributed by atoms with Crippen LogP contribution in [0, 0.1) is 33.1 Å². The fourth-order valence-electron chi connectivity index (χ4n) is 4.03. The van der Waals surface area contributed by atoms with Gasteiger partial charge in [-0.25, -0.2) is 0 Å². The lowest BCUT2D eigenvalue weighted by molar-refractivity contribution is -0.114. The first-order valence-corrected chi connectivity index (χ1v) is 11.4. The van der Waals surface area contributed by atoms with Gasteiger partial charge in [0, 0.05) is 17.1 Å². The molecule has 0 fully saturated rings. The van der Waals surface area contributed by atoms with E-state index in [1.807, 2.05) is 6.92 Å². The summed E-state index contributed by atoms with van der Waals surface area (Å²) in [6.07, 6.45) is 4.72. The summed E-state index contributed by atoms with van der Waals surface area (Å²) in [4.78, 5) is 16.9. The molecule has 2 aliphatic heterocycles. The molecule has 0 spiro atoms. The van der Waals surface area contributed by atoms with Crippen molar-refractivity contribution in [2.45, 2.75) is 53.9 Å². The highest BCUT2D eigenvalue weighted by molar-refractivity contribution is 8.26. The van der Waals surface area contributed by atoms with Crippen LogP contribution in [0.2, 0.25) is 0 Å². The van der Waals surface area contributed by atoms with E-state index >= 15 is 0 Å². The zero-order chi connectivity index (χ0) is 22.3. The predicted molar refractivity (Wildman–Crippen MR) is 129 cm³/mol. The van der Waals surface area contributed by atoms with Gasteiger partial charge in [0.2, 0.25) is 5.17 Å². The van der Waals surface area contributed by atoms with Crippen molar-refractivity contribution < 1.29 is 4.79 Å². The van der Waals surface area contributed by atoms with Crippen molar-refractivity contribution in [3.63, 3.8) is 0 Å². The van der Waals surface area contributed by atoms with Crippen molar-refractivity contribution >= 4 is 39.8 Å². The molecule has 1 N–H and O–H groups in total. The Hall–Kier alpha value is -2.93. The zero-order valence-electron chi connectivity index (χ0n) is 18.6.